The molecule has 2 heterocycles. The Morgan fingerprint density at radius 3 is 2.96 bits per heavy atom. The smallest absolute Gasteiger partial charge is 0.303 e. The van der Waals surface area contributed by atoms with E-state index in [-0.39, 0.29) is 18.4 Å². The Balaban J connectivity index is 1.74. The first-order chi connectivity index (χ1) is 11.6. The summed E-state index contributed by atoms with van der Waals surface area (Å²) in [5.41, 5.74) is 3.27. The van der Waals surface area contributed by atoms with Gasteiger partial charge in [0.15, 0.2) is 0 Å². The molecule has 0 saturated carbocycles. The van der Waals surface area contributed by atoms with Crippen molar-refractivity contribution < 1.29 is 14.7 Å². The third-order valence-corrected chi connectivity index (χ3v) is 4.99. The van der Waals surface area contributed by atoms with Gasteiger partial charge < -0.3 is 15.0 Å². The van der Waals surface area contributed by atoms with E-state index >= 15 is 0 Å². The van der Waals surface area contributed by atoms with E-state index in [1.807, 2.05) is 23.2 Å². The lowest BCUT2D eigenvalue weighted by Crippen LogP contribution is -2.44. The number of rotatable bonds is 5. The number of hydrogen-bond donors (Lipinski definition) is 2. The van der Waals surface area contributed by atoms with Gasteiger partial charge in [-0.05, 0) is 43.7 Å². The lowest BCUT2D eigenvalue weighted by atomic mass is 9.97. The van der Waals surface area contributed by atoms with Crippen LogP contribution in [-0.2, 0) is 16.0 Å². The molecule has 1 aliphatic rings. The number of carboxylic acids is 1. The number of amides is 1. The third kappa shape index (κ3) is 3.45. The molecule has 1 fully saturated rings. The molecule has 1 unspecified atom stereocenters. The van der Waals surface area contributed by atoms with Crippen LogP contribution in [0.15, 0.2) is 24.4 Å². The molecular weight excluding hydrogens is 304 g/mol. The Morgan fingerprint density at radius 1 is 1.33 bits per heavy atom. The Morgan fingerprint density at radius 2 is 2.17 bits per heavy atom. The van der Waals surface area contributed by atoms with E-state index in [0.717, 1.165) is 42.3 Å². The molecule has 2 N–H and O–H groups in total. The molecule has 0 radical (unpaired) electrons. The van der Waals surface area contributed by atoms with Crippen LogP contribution < -0.4 is 0 Å². The van der Waals surface area contributed by atoms with Crippen LogP contribution in [0.25, 0.3) is 10.9 Å². The summed E-state index contributed by atoms with van der Waals surface area (Å²) in [4.78, 5) is 28.8. The second kappa shape index (κ2) is 7.07. The van der Waals surface area contributed by atoms with Crippen LogP contribution in [0.2, 0.25) is 0 Å². The number of fused-ring (bicyclic) bond motifs is 1. The summed E-state index contributed by atoms with van der Waals surface area (Å²) in [6.07, 6.45) is 5.95. The first kappa shape index (κ1) is 16.6. The van der Waals surface area contributed by atoms with Crippen molar-refractivity contribution in [1.29, 1.82) is 0 Å². The van der Waals surface area contributed by atoms with Crippen LogP contribution in [0.4, 0.5) is 0 Å². The molecule has 1 aromatic heterocycles. The van der Waals surface area contributed by atoms with Crippen molar-refractivity contribution in [1.82, 2.24) is 9.88 Å². The van der Waals surface area contributed by atoms with Crippen molar-refractivity contribution in [2.75, 3.05) is 6.54 Å². The van der Waals surface area contributed by atoms with E-state index in [1.165, 1.54) is 5.56 Å². The van der Waals surface area contributed by atoms with Crippen molar-refractivity contribution in [3.8, 4) is 0 Å². The molecule has 1 amide bonds. The van der Waals surface area contributed by atoms with Crippen molar-refractivity contribution >= 4 is 22.8 Å². The van der Waals surface area contributed by atoms with E-state index in [1.54, 1.807) is 0 Å². The van der Waals surface area contributed by atoms with E-state index in [2.05, 4.69) is 18.0 Å². The summed E-state index contributed by atoms with van der Waals surface area (Å²) in [5.74, 6) is -0.687. The highest BCUT2D eigenvalue weighted by atomic mass is 16.4. The maximum atomic E-state index is 12.8. The second-order valence-corrected chi connectivity index (χ2v) is 6.66. The summed E-state index contributed by atoms with van der Waals surface area (Å²) in [6.45, 7) is 2.79. The Bertz CT molecular complexity index is 750. The van der Waals surface area contributed by atoms with Crippen molar-refractivity contribution in [3.05, 3.63) is 35.5 Å². The zero-order valence-electron chi connectivity index (χ0n) is 14.0. The molecule has 2 aromatic rings. The third-order valence-electron chi connectivity index (χ3n) is 4.99. The zero-order valence-corrected chi connectivity index (χ0v) is 14.0. The topological polar surface area (TPSA) is 73.4 Å². The monoisotopic (exact) mass is 328 g/mol. The van der Waals surface area contributed by atoms with Gasteiger partial charge in [-0.25, -0.2) is 0 Å². The highest BCUT2D eigenvalue weighted by molar-refractivity contribution is 5.90. The summed E-state index contributed by atoms with van der Waals surface area (Å²) in [7, 11) is 0. The maximum Gasteiger partial charge on any atom is 0.303 e. The van der Waals surface area contributed by atoms with Crippen LogP contribution >= 0.6 is 0 Å². The van der Waals surface area contributed by atoms with Crippen LogP contribution in [0.5, 0.6) is 0 Å². The minimum absolute atomic E-state index is 0.0642. The SMILES string of the molecule is Cc1cccc2c(CC(=O)N3CCCCC3CCC(=O)O)c[nH]c12. The van der Waals surface area contributed by atoms with Crippen LogP contribution in [0, 0.1) is 6.92 Å². The summed E-state index contributed by atoms with van der Waals surface area (Å²) in [6, 6.07) is 6.17. The molecule has 5 nitrogen and oxygen atoms in total. The summed E-state index contributed by atoms with van der Waals surface area (Å²) >= 11 is 0. The number of piperidine rings is 1. The van der Waals surface area contributed by atoms with Gasteiger partial charge in [0.25, 0.3) is 0 Å². The average Bonchev–Trinajstić information content (AvgIpc) is 2.97. The second-order valence-electron chi connectivity index (χ2n) is 6.66. The standard InChI is InChI=1S/C19H24N2O3/c1-13-5-4-7-16-14(12-20-19(13)16)11-17(22)21-10-3-2-6-15(21)8-9-18(23)24/h4-5,7,12,15,20H,2-3,6,8-11H2,1H3,(H,23,24). The number of carbonyl (C=O) groups excluding carboxylic acids is 1. The van der Waals surface area contributed by atoms with Gasteiger partial charge in [-0.2, -0.15) is 0 Å². The van der Waals surface area contributed by atoms with Crippen LogP contribution in [0.1, 0.15) is 43.2 Å². The number of likely N-dealkylation sites (tertiary alicyclic amines) is 1. The van der Waals surface area contributed by atoms with E-state index in [0.29, 0.717) is 12.8 Å². The predicted molar refractivity (Wildman–Crippen MR) is 93.0 cm³/mol. The molecular formula is C19H24N2O3. The number of carboxylic acid groups (broad SMARTS) is 1. The van der Waals surface area contributed by atoms with E-state index < -0.39 is 5.97 Å². The maximum absolute atomic E-state index is 12.8. The number of H-pyrrole nitrogens is 1. The lowest BCUT2D eigenvalue weighted by Gasteiger charge is -2.35. The number of para-hydroxylation sites is 1. The average molecular weight is 328 g/mol. The van der Waals surface area contributed by atoms with Gasteiger partial charge in [-0.1, -0.05) is 18.2 Å². The minimum Gasteiger partial charge on any atom is -0.481 e. The minimum atomic E-state index is -0.792. The molecule has 1 saturated heterocycles. The number of hydrogen-bond acceptors (Lipinski definition) is 2. The molecule has 1 atom stereocenters. The van der Waals surface area contributed by atoms with Gasteiger partial charge in [-0.3, -0.25) is 9.59 Å². The first-order valence-electron chi connectivity index (χ1n) is 8.63. The van der Waals surface area contributed by atoms with Gasteiger partial charge in [0.1, 0.15) is 0 Å². The lowest BCUT2D eigenvalue weighted by molar-refractivity contribution is -0.139. The quantitative estimate of drug-likeness (QED) is 0.885. The fourth-order valence-corrected chi connectivity index (χ4v) is 3.69. The normalized spacial score (nSPS) is 18.0. The number of carbonyl (C=O) groups is 2. The summed E-state index contributed by atoms with van der Waals surface area (Å²) < 4.78 is 0. The zero-order chi connectivity index (χ0) is 17.1. The number of aromatic nitrogens is 1. The molecule has 128 valence electrons. The number of aromatic amines is 1. The Labute approximate surface area is 141 Å². The number of aryl methyl sites for hydroxylation is 1. The fourth-order valence-electron chi connectivity index (χ4n) is 3.69. The van der Waals surface area contributed by atoms with Crippen LogP contribution in [-0.4, -0.2) is 39.5 Å². The van der Waals surface area contributed by atoms with Crippen molar-refractivity contribution in [2.45, 2.75) is 51.5 Å². The van der Waals surface area contributed by atoms with E-state index in [4.69, 9.17) is 5.11 Å². The highest BCUT2D eigenvalue weighted by Gasteiger charge is 2.27. The number of nitrogens with zero attached hydrogens (tertiary/aromatic N) is 1. The van der Waals surface area contributed by atoms with Gasteiger partial charge in [0, 0.05) is 36.1 Å². The van der Waals surface area contributed by atoms with Gasteiger partial charge in [-0.15, -0.1) is 0 Å². The van der Waals surface area contributed by atoms with Gasteiger partial charge >= 0.3 is 5.97 Å². The van der Waals surface area contributed by atoms with E-state index in [9.17, 15) is 9.59 Å². The van der Waals surface area contributed by atoms with Crippen molar-refractivity contribution in [2.24, 2.45) is 0 Å². The fraction of sp³-hybridized carbons (Fsp3) is 0.474. The van der Waals surface area contributed by atoms with Crippen molar-refractivity contribution in [3.63, 3.8) is 0 Å². The largest absolute Gasteiger partial charge is 0.481 e. The molecule has 1 aliphatic heterocycles. The van der Waals surface area contributed by atoms with Gasteiger partial charge in [0.05, 0.1) is 6.42 Å². The molecule has 0 aliphatic carbocycles. The molecule has 3 rings (SSSR count). The molecule has 5 heteroatoms. The number of nitrogens with one attached hydrogen (secondary N) is 1. The number of benzene rings is 1. The van der Waals surface area contributed by atoms with Gasteiger partial charge in [0.2, 0.25) is 5.91 Å². The molecule has 0 bridgehead atoms. The Kier molecular flexibility index (Phi) is 4.88. The number of aliphatic carboxylic acids is 1. The summed E-state index contributed by atoms with van der Waals surface area (Å²) in [5, 5.41) is 10.0. The Hall–Kier alpha value is -2.30. The van der Waals surface area contributed by atoms with Crippen LogP contribution in [0.3, 0.4) is 0 Å². The molecule has 24 heavy (non-hydrogen) atoms. The first-order valence-corrected chi connectivity index (χ1v) is 8.63. The molecule has 1 aromatic carbocycles. The molecule has 0 spiro atoms. The highest BCUT2D eigenvalue weighted by Crippen LogP contribution is 2.25. The predicted octanol–water partition coefficient (Wildman–Crippen LogP) is 3.26.